The molecule has 1 aliphatic heterocycles. The molecular formula is C18H23FN2O2. The van der Waals surface area contributed by atoms with Crippen molar-refractivity contribution in [3.05, 3.63) is 35.1 Å². The van der Waals surface area contributed by atoms with Gasteiger partial charge < -0.3 is 9.84 Å². The van der Waals surface area contributed by atoms with Crippen LogP contribution in [0.4, 0.5) is 4.39 Å². The topological polar surface area (TPSA) is 56.5 Å². The molecule has 1 spiro atoms. The summed E-state index contributed by atoms with van der Waals surface area (Å²) in [4.78, 5) is 2.30. The van der Waals surface area contributed by atoms with Gasteiger partial charge in [-0.1, -0.05) is 6.07 Å². The lowest BCUT2D eigenvalue weighted by Gasteiger charge is -2.56. The number of halogens is 1. The van der Waals surface area contributed by atoms with Gasteiger partial charge in [-0.2, -0.15) is 5.26 Å². The van der Waals surface area contributed by atoms with Crippen LogP contribution in [0.1, 0.15) is 37.3 Å². The van der Waals surface area contributed by atoms with Crippen LogP contribution in [0.25, 0.3) is 0 Å². The Morgan fingerprint density at radius 3 is 2.78 bits per heavy atom. The number of nitriles is 1. The van der Waals surface area contributed by atoms with Gasteiger partial charge in [-0.3, -0.25) is 4.90 Å². The quantitative estimate of drug-likeness (QED) is 0.926. The average molecular weight is 318 g/mol. The van der Waals surface area contributed by atoms with Gasteiger partial charge in [0.25, 0.3) is 0 Å². The van der Waals surface area contributed by atoms with Crippen molar-refractivity contribution in [1.29, 1.82) is 5.26 Å². The van der Waals surface area contributed by atoms with E-state index >= 15 is 0 Å². The first-order chi connectivity index (χ1) is 11.1. The molecule has 2 atom stereocenters. The number of nitrogens with zero attached hydrogens (tertiary/aromatic N) is 2. The van der Waals surface area contributed by atoms with Crippen molar-refractivity contribution >= 4 is 0 Å². The van der Waals surface area contributed by atoms with Gasteiger partial charge in [-0.15, -0.1) is 0 Å². The predicted octanol–water partition coefficient (Wildman–Crippen LogP) is 2.45. The predicted molar refractivity (Wildman–Crippen MR) is 84.1 cm³/mol. The van der Waals surface area contributed by atoms with E-state index in [0.717, 1.165) is 37.9 Å². The van der Waals surface area contributed by atoms with Crippen LogP contribution in [0.15, 0.2) is 18.2 Å². The molecular weight excluding hydrogens is 295 g/mol. The Labute approximate surface area is 136 Å². The van der Waals surface area contributed by atoms with Crippen LogP contribution in [0.5, 0.6) is 0 Å². The summed E-state index contributed by atoms with van der Waals surface area (Å²) in [5.74, 6) is -0.467. The summed E-state index contributed by atoms with van der Waals surface area (Å²) < 4.78 is 19.2. The number of hydrogen-bond donors (Lipinski definition) is 1. The standard InChI is InChI=1S/C18H23FN2O2/c1-2-23-17-10-16(22)18(17)5-7-21(8-6-18)12-13-3-4-15(19)14(9-13)11-20/h3-4,9,16-17,22H,2,5-8,10,12H2,1H3. The van der Waals surface area contributed by atoms with E-state index in [2.05, 4.69) is 4.90 Å². The molecule has 0 radical (unpaired) electrons. The molecule has 4 nitrogen and oxygen atoms in total. The summed E-state index contributed by atoms with van der Waals surface area (Å²) >= 11 is 0. The Morgan fingerprint density at radius 2 is 2.17 bits per heavy atom. The van der Waals surface area contributed by atoms with Crippen molar-refractivity contribution in [1.82, 2.24) is 4.90 Å². The molecule has 124 valence electrons. The number of aliphatic hydroxyl groups is 1. The molecule has 0 amide bonds. The lowest BCUT2D eigenvalue weighted by molar-refractivity contribution is -0.209. The number of likely N-dealkylation sites (tertiary alicyclic amines) is 1. The van der Waals surface area contributed by atoms with Gasteiger partial charge in [-0.25, -0.2) is 4.39 Å². The summed E-state index contributed by atoms with van der Waals surface area (Å²) in [5, 5.41) is 19.1. The van der Waals surface area contributed by atoms with E-state index in [1.807, 2.05) is 13.0 Å². The number of piperidine rings is 1. The minimum absolute atomic E-state index is 0.0763. The molecule has 23 heavy (non-hydrogen) atoms. The maximum absolute atomic E-state index is 13.4. The van der Waals surface area contributed by atoms with E-state index in [4.69, 9.17) is 10.00 Å². The van der Waals surface area contributed by atoms with Gasteiger partial charge in [0.1, 0.15) is 11.9 Å². The summed E-state index contributed by atoms with van der Waals surface area (Å²) in [6, 6.07) is 6.61. The largest absolute Gasteiger partial charge is 0.392 e. The van der Waals surface area contributed by atoms with Crippen molar-refractivity contribution in [3.63, 3.8) is 0 Å². The highest BCUT2D eigenvalue weighted by atomic mass is 19.1. The maximum atomic E-state index is 13.4. The molecule has 1 aliphatic carbocycles. The third kappa shape index (κ3) is 2.99. The molecule has 0 bridgehead atoms. The smallest absolute Gasteiger partial charge is 0.140 e. The van der Waals surface area contributed by atoms with Gasteiger partial charge >= 0.3 is 0 Å². The fourth-order valence-corrected chi connectivity index (χ4v) is 3.96. The summed E-state index contributed by atoms with van der Waals surface area (Å²) in [6.07, 6.45) is 2.52. The number of hydrogen-bond acceptors (Lipinski definition) is 4. The highest BCUT2D eigenvalue weighted by Gasteiger charge is 2.55. The second-order valence-corrected chi connectivity index (χ2v) is 6.63. The Kier molecular flexibility index (Phi) is 4.67. The third-order valence-electron chi connectivity index (χ3n) is 5.45. The van der Waals surface area contributed by atoms with Crippen LogP contribution in [0.3, 0.4) is 0 Å². The van der Waals surface area contributed by atoms with E-state index in [-0.39, 0.29) is 23.2 Å². The Balaban J connectivity index is 1.60. The summed E-state index contributed by atoms with van der Waals surface area (Å²) in [6.45, 7) is 5.17. The van der Waals surface area contributed by atoms with E-state index in [9.17, 15) is 9.50 Å². The Morgan fingerprint density at radius 1 is 1.43 bits per heavy atom. The van der Waals surface area contributed by atoms with Crippen molar-refractivity contribution in [2.45, 2.75) is 44.9 Å². The van der Waals surface area contributed by atoms with E-state index < -0.39 is 5.82 Å². The molecule has 2 aliphatic rings. The number of rotatable bonds is 4. The van der Waals surface area contributed by atoms with Gasteiger partial charge in [-0.05, 0) is 50.6 Å². The summed E-state index contributed by atoms with van der Waals surface area (Å²) in [5.41, 5.74) is 0.976. The fraction of sp³-hybridized carbons (Fsp3) is 0.611. The third-order valence-corrected chi connectivity index (χ3v) is 5.45. The van der Waals surface area contributed by atoms with Gasteiger partial charge in [0.05, 0.1) is 17.8 Å². The number of benzene rings is 1. The highest BCUT2D eigenvalue weighted by Crippen LogP contribution is 2.51. The second-order valence-electron chi connectivity index (χ2n) is 6.63. The van der Waals surface area contributed by atoms with Crippen LogP contribution in [-0.2, 0) is 11.3 Å². The molecule has 1 N–H and O–H groups in total. The first-order valence-electron chi connectivity index (χ1n) is 8.29. The minimum Gasteiger partial charge on any atom is -0.392 e. The van der Waals surface area contributed by atoms with Crippen molar-refractivity contribution in [2.24, 2.45) is 5.41 Å². The molecule has 2 fully saturated rings. The Bertz CT molecular complexity index is 604. The van der Waals surface area contributed by atoms with E-state index in [1.165, 1.54) is 6.07 Å². The second kappa shape index (κ2) is 6.56. The normalized spacial score (nSPS) is 26.7. The van der Waals surface area contributed by atoms with Crippen molar-refractivity contribution in [2.75, 3.05) is 19.7 Å². The zero-order valence-electron chi connectivity index (χ0n) is 13.5. The van der Waals surface area contributed by atoms with Gasteiger partial charge in [0, 0.05) is 25.0 Å². The fourth-order valence-electron chi connectivity index (χ4n) is 3.96. The van der Waals surface area contributed by atoms with Crippen LogP contribution in [0.2, 0.25) is 0 Å². The van der Waals surface area contributed by atoms with Crippen LogP contribution in [0, 0.1) is 22.6 Å². The minimum atomic E-state index is -0.467. The molecule has 0 aromatic heterocycles. The molecule has 1 aromatic carbocycles. The van der Waals surface area contributed by atoms with Gasteiger partial charge in [0.2, 0.25) is 0 Å². The van der Waals surface area contributed by atoms with E-state index in [1.54, 1.807) is 12.1 Å². The monoisotopic (exact) mass is 318 g/mol. The Hall–Kier alpha value is -1.48. The average Bonchev–Trinajstić information content (AvgIpc) is 2.57. The van der Waals surface area contributed by atoms with Gasteiger partial charge in [0.15, 0.2) is 0 Å². The number of aliphatic hydroxyl groups excluding tert-OH is 1. The molecule has 1 saturated heterocycles. The van der Waals surface area contributed by atoms with E-state index in [0.29, 0.717) is 13.2 Å². The van der Waals surface area contributed by atoms with Crippen LogP contribution < -0.4 is 0 Å². The zero-order chi connectivity index (χ0) is 16.4. The molecule has 1 aromatic rings. The van der Waals surface area contributed by atoms with Crippen LogP contribution >= 0.6 is 0 Å². The first-order valence-corrected chi connectivity index (χ1v) is 8.29. The summed E-state index contributed by atoms with van der Waals surface area (Å²) in [7, 11) is 0. The molecule has 2 unspecified atom stereocenters. The lowest BCUT2D eigenvalue weighted by atomic mass is 9.58. The molecule has 1 heterocycles. The lowest BCUT2D eigenvalue weighted by Crippen LogP contribution is -2.62. The van der Waals surface area contributed by atoms with Crippen LogP contribution in [-0.4, -0.2) is 41.9 Å². The number of ether oxygens (including phenoxy) is 1. The first kappa shape index (κ1) is 16.4. The maximum Gasteiger partial charge on any atom is 0.140 e. The molecule has 5 heteroatoms. The molecule has 1 saturated carbocycles. The highest BCUT2D eigenvalue weighted by molar-refractivity contribution is 5.34. The zero-order valence-corrected chi connectivity index (χ0v) is 13.5. The van der Waals surface area contributed by atoms with Crippen molar-refractivity contribution < 1.29 is 14.2 Å². The molecule has 3 rings (SSSR count). The SMILES string of the molecule is CCOC1CC(O)C12CCN(Cc1ccc(F)c(C#N)c1)CC2. The van der Waals surface area contributed by atoms with Crippen molar-refractivity contribution in [3.8, 4) is 6.07 Å².